The second-order valence-electron chi connectivity index (χ2n) is 7.53. The van der Waals surface area contributed by atoms with Gasteiger partial charge in [-0.25, -0.2) is 4.79 Å². The molecule has 1 unspecified atom stereocenters. The van der Waals surface area contributed by atoms with Gasteiger partial charge >= 0.3 is 12.1 Å². The first-order valence-electron chi connectivity index (χ1n) is 8.70. The Morgan fingerprint density at radius 1 is 1.33 bits per heavy atom. The highest BCUT2D eigenvalue weighted by molar-refractivity contribution is 5.76. The number of carbonyl (C=O) groups is 2. The first kappa shape index (κ1) is 20.6. The molecule has 1 aromatic carbocycles. The predicted molar refractivity (Wildman–Crippen MR) is 96.8 cm³/mol. The summed E-state index contributed by atoms with van der Waals surface area (Å²) in [5.41, 5.74) is 6.01. The highest BCUT2D eigenvalue weighted by Gasteiger charge is 2.36. The molecule has 2 atom stereocenters. The molecule has 1 heterocycles. The maximum atomic E-state index is 12.2. The number of nitro benzene ring substituents is 1. The summed E-state index contributed by atoms with van der Waals surface area (Å²) >= 11 is 0. The lowest BCUT2D eigenvalue weighted by atomic mass is 10.00. The summed E-state index contributed by atoms with van der Waals surface area (Å²) in [4.78, 5) is 36.0. The van der Waals surface area contributed by atoms with Crippen molar-refractivity contribution in [2.45, 2.75) is 45.4 Å². The van der Waals surface area contributed by atoms with E-state index in [-0.39, 0.29) is 18.2 Å². The number of likely N-dealkylation sites (tertiary alicyclic amines) is 1. The van der Waals surface area contributed by atoms with Crippen LogP contribution in [0.4, 0.5) is 10.5 Å². The molecule has 2 rings (SSSR count). The van der Waals surface area contributed by atoms with Gasteiger partial charge in [0.1, 0.15) is 18.2 Å². The lowest BCUT2D eigenvalue weighted by molar-refractivity contribution is -0.384. The Bertz CT molecular complexity index is 698. The van der Waals surface area contributed by atoms with E-state index < -0.39 is 28.6 Å². The van der Waals surface area contributed by atoms with Crippen molar-refractivity contribution >= 4 is 17.7 Å². The van der Waals surface area contributed by atoms with Crippen LogP contribution < -0.4 is 5.73 Å². The van der Waals surface area contributed by atoms with Crippen molar-refractivity contribution in [1.82, 2.24) is 4.90 Å². The van der Waals surface area contributed by atoms with Gasteiger partial charge in [0.2, 0.25) is 0 Å². The van der Waals surface area contributed by atoms with Crippen LogP contribution in [0.5, 0.6) is 0 Å². The second-order valence-corrected chi connectivity index (χ2v) is 7.53. The Kier molecular flexibility index (Phi) is 6.37. The fraction of sp³-hybridized carbons (Fsp3) is 0.556. The minimum absolute atomic E-state index is 0.0208. The molecule has 27 heavy (non-hydrogen) atoms. The molecule has 0 saturated carbocycles. The number of esters is 1. The highest BCUT2D eigenvalue weighted by atomic mass is 16.6. The Morgan fingerprint density at radius 3 is 2.52 bits per heavy atom. The van der Waals surface area contributed by atoms with E-state index in [0.29, 0.717) is 25.1 Å². The molecule has 1 aliphatic heterocycles. The average Bonchev–Trinajstić information content (AvgIpc) is 3.08. The quantitative estimate of drug-likeness (QED) is 0.472. The van der Waals surface area contributed by atoms with E-state index in [1.165, 1.54) is 24.3 Å². The van der Waals surface area contributed by atoms with E-state index in [1.807, 2.05) is 0 Å². The lowest BCUT2D eigenvalue weighted by Gasteiger charge is -2.25. The van der Waals surface area contributed by atoms with Gasteiger partial charge < -0.3 is 20.1 Å². The third-order valence-electron chi connectivity index (χ3n) is 4.18. The third-order valence-corrected chi connectivity index (χ3v) is 4.18. The zero-order chi connectivity index (χ0) is 20.2. The van der Waals surface area contributed by atoms with Crippen LogP contribution in [-0.4, -0.2) is 46.6 Å². The molecule has 0 aromatic heterocycles. The van der Waals surface area contributed by atoms with Gasteiger partial charge in [-0.15, -0.1) is 0 Å². The first-order chi connectivity index (χ1) is 12.6. The molecule has 9 nitrogen and oxygen atoms in total. The number of rotatable bonds is 5. The van der Waals surface area contributed by atoms with E-state index in [1.54, 1.807) is 25.7 Å². The van der Waals surface area contributed by atoms with Crippen molar-refractivity contribution in [2.24, 2.45) is 11.7 Å². The molecule has 0 spiro atoms. The number of nitro groups is 1. The van der Waals surface area contributed by atoms with Gasteiger partial charge in [0.05, 0.1) is 4.92 Å². The van der Waals surface area contributed by atoms with E-state index in [0.717, 1.165) is 0 Å². The van der Waals surface area contributed by atoms with E-state index in [4.69, 9.17) is 15.2 Å². The van der Waals surface area contributed by atoms with Crippen molar-refractivity contribution in [3.8, 4) is 0 Å². The number of ether oxygens (including phenoxy) is 2. The van der Waals surface area contributed by atoms with Gasteiger partial charge in [-0.3, -0.25) is 14.9 Å². The minimum atomic E-state index is -0.851. The van der Waals surface area contributed by atoms with Gasteiger partial charge in [-0.1, -0.05) is 0 Å². The molecule has 0 bridgehead atoms. The zero-order valence-electron chi connectivity index (χ0n) is 15.7. The smallest absolute Gasteiger partial charge is 0.410 e. The van der Waals surface area contributed by atoms with Crippen molar-refractivity contribution in [1.29, 1.82) is 0 Å². The molecule has 1 aromatic rings. The second kappa shape index (κ2) is 8.34. The normalized spacial score (nSPS) is 18.1. The maximum Gasteiger partial charge on any atom is 0.410 e. The minimum Gasteiger partial charge on any atom is -0.460 e. The molecule has 148 valence electrons. The number of non-ortho nitro benzene ring substituents is 1. The van der Waals surface area contributed by atoms with Crippen LogP contribution >= 0.6 is 0 Å². The Balaban J connectivity index is 1.83. The van der Waals surface area contributed by atoms with Crippen molar-refractivity contribution in [3.05, 3.63) is 39.9 Å². The fourth-order valence-corrected chi connectivity index (χ4v) is 2.73. The summed E-state index contributed by atoms with van der Waals surface area (Å²) in [5, 5.41) is 10.6. The van der Waals surface area contributed by atoms with Gasteiger partial charge in [0.25, 0.3) is 5.69 Å². The van der Waals surface area contributed by atoms with Crippen LogP contribution in [-0.2, 0) is 20.9 Å². The molecule has 2 N–H and O–H groups in total. The maximum absolute atomic E-state index is 12.2. The number of hydrogen-bond acceptors (Lipinski definition) is 7. The number of hydrogen-bond donors (Lipinski definition) is 1. The Hall–Kier alpha value is -2.68. The van der Waals surface area contributed by atoms with E-state index in [2.05, 4.69) is 0 Å². The fourth-order valence-electron chi connectivity index (χ4n) is 2.73. The molecule has 1 fully saturated rings. The Labute approximate surface area is 157 Å². The SMILES string of the molecule is CC(C)(C)OC(=O)N1CC[C@@H](C(N)C(=O)OCc2ccc([N+](=O)[O-])cc2)C1. The van der Waals surface area contributed by atoms with Crippen molar-refractivity contribution < 1.29 is 24.0 Å². The number of nitrogens with zero attached hydrogens (tertiary/aromatic N) is 2. The average molecular weight is 379 g/mol. The van der Waals surface area contributed by atoms with E-state index in [9.17, 15) is 19.7 Å². The summed E-state index contributed by atoms with van der Waals surface area (Å²) in [6, 6.07) is 4.89. The molecule has 0 aliphatic carbocycles. The third kappa shape index (κ3) is 5.92. The van der Waals surface area contributed by atoms with Gasteiger partial charge in [0.15, 0.2) is 0 Å². The number of amides is 1. The first-order valence-corrected chi connectivity index (χ1v) is 8.70. The molecule has 9 heteroatoms. The van der Waals surface area contributed by atoms with E-state index >= 15 is 0 Å². The topological polar surface area (TPSA) is 125 Å². The van der Waals surface area contributed by atoms with Gasteiger partial charge in [0, 0.05) is 31.1 Å². The van der Waals surface area contributed by atoms with Gasteiger partial charge in [-0.2, -0.15) is 0 Å². The van der Waals surface area contributed by atoms with Crippen LogP contribution in [0.1, 0.15) is 32.8 Å². The summed E-state index contributed by atoms with van der Waals surface area (Å²) in [6.45, 7) is 6.16. The number of nitrogens with two attached hydrogens (primary N) is 1. The summed E-state index contributed by atoms with van der Waals surface area (Å²) < 4.78 is 10.5. The lowest BCUT2D eigenvalue weighted by Crippen LogP contribution is -2.42. The molecular weight excluding hydrogens is 354 g/mol. The number of benzene rings is 1. The molecule has 1 saturated heterocycles. The van der Waals surface area contributed by atoms with Crippen molar-refractivity contribution in [2.75, 3.05) is 13.1 Å². The monoisotopic (exact) mass is 379 g/mol. The van der Waals surface area contributed by atoms with Crippen LogP contribution in [0, 0.1) is 16.0 Å². The molecular formula is C18H25N3O6. The van der Waals surface area contributed by atoms with Crippen LogP contribution in [0.25, 0.3) is 0 Å². The van der Waals surface area contributed by atoms with Crippen LogP contribution in [0.2, 0.25) is 0 Å². The summed E-state index contributed by atoms with van der Waals surface area (Å²) in [6.07, 6.45) is 0.170. The molecule has 1 amide bonds. The standard InChI is InChI=1S/C18H25N3O6/c1-18(2,3)27-17(23)20-9-8-13(10-20)15(19)16(22)26-11-12-4-6-14(7-5-12)21(24)25/h4-7,13,15H,8-11,19H2,1-3H3/t13-,15?/m1/s1. The largest absolute Gasteiger partial charge is 0.460 e. The summed E-state index contributed by atoms with van der Waals surface area (Å²) in [7, 11) is 0. The van der Waals surface area contributed by atoms with Gasteiger partial charge in [-0.05, 0) is 44.9 Å². The highest BCUT2D eigenvalue weighted by Crippen LogP contribution is 2.22. The molecule has 0 radical (unpaired) electrons. The Morgan fingerprint density at radius 2 is 1.96 bits per heavy atom. The van der Waals surface area contributed by atoms with Crippen LogP contribution in [0.3, 0.4) is 0 Å². The van der Waals surface area contributed by atoms with Crippen LogP contribution in [0.15, 0.2) is 24.3 Å². The summed E-state index contributed by atoms with van der Waals surface area (Å²) in [5.74, 6) is -0.772. The zero-order valence-corrected chi connectivity index (χ0v) is 15.7. The number of carbonyl (C=O) groups excluding carboxylic acids is 2. The molecule has 1 aliphatic rings. The predicted octanol–water partition coefficient (Wildman–Crippen LogP) is 2.22. The van der Waals surface area contributed by atoms with Crippen molar-refractivity contribution in [3.63, 3.8) is 0 Å².